The SMILES string of the molecule is C=C/C(C)=C\C[C@]1(C)[C@H](C)[C@@H](OCCCC)[C@@H](OC(C)=O)C23C(=C[C@H](OC)C[C@H]21)[C@@H](OC(C)=O)O[C@@H]3OC(C)=O. The number of rotatable bonds is 11. The zero-order valence-corrected chi connectivity index (χ0v) is 25.2. The molecule has 0 aromatic heterocycles. The molecule has 1 saturated heterocycles. The van der Waals surface area contributed by atoms with Gasteiger partial charge in [-0.3, -0.25) is 19.1 Å². The first-order valence-corrected chi connectivity index (χ1v) is 14.2. The molecule has 40 heavy (non-hydrogen) atoms. The van der Waals surface area contributed by atoms with Crippen LogP contribution in [0.1, 0.15) is 74.1 Å². The number of unbranched alkanes of at least 4 members (excludes halogenated alkanes) is 1. The zero-order valence-electron chi connectivity index (χ0n) is 25.2. The van der Waals surface area contributed by atoms with Crippen LogP contribution in [0.2, 0.25) is 0 Å². The van der Waals surface area contributed by atoms with E-state index in [4.69, 9.17) is 28.4 Å². The van der Waals surface area contributed by atoms with Crippen LogP contribution < -0.4 is 0 Å². The minimum Gasteiger partial charge on any atom is -0.459 e. The maximum Gasteiger partial charge on any atom is 0.305 e. The Kier molecular flexibility index (Phi) is 10.4. The van der Waals surface area contributed by atoms with Crippen LogP contribution in [0.5, 0.6) is 0 Å². The third-order valence-electron chi connectivity index (χ3n) is 9.04. The number of hydrogen-bond donors (Lipinski definition) is 0. The first-order valence-electron chi connectivity index (χ1n) is 14.2. The number of esters is 3. The van der Waals surface area contributed by atoms with Crippen LogP contribution in [0.25, 0.3) is 0 Å². The lowest BCUT2D eigenvalue weighted by Crippen LogP contribution is -2.69. The lowest BCUT2D eigenvalue weighted by atomic mass is 9.44. The fraction of sp³-hybridized carbons (Fsp3) is 0.710. The third-order valence-corrected chi connectivity index (χ3v) is 9.04. The average molecular weight is 563 g/mol. The van der Waals surface area contributed by atoms with Gasteiger partial charge in [0.05, 0.1) is 12.2 Å². The molecule has 0 N–H and O–H groups in total. The molecule has 3 rings (SSSR count). The standard InChI is InChI=1S/C31H46O9/c1-10-12-15-36-26-19(4)30(8,14-13-18(3)11-2)25-17-23(35-9)16-24-28(38-21(6)33)40-29(39-22(7)34)31(24,25)27(26)37-20(5)32/h11,13,16,19,23,25-29H,2,10,12,14-15,17H2,1,3-9H3/b18-13-/t19-,23+,25+,26-,27-,28+,29+,30-,31?/m1/s1. The minimum atomic E-state index is -1.19. The quantitative estimate of drug-likeness (QED) is 0.113. The van der Waals surface area contributed by atoms with E-state index in [0.717, 1.165) is 18.4 Å². The van der Waals surface area contributed by atoms with Crippen molar-refractivity contribution in [3.63, 3.8) is 0 Å². The number of ether oxygens (including phenoxy) is 6. The summed E-state index contributed by atoms with van der Waals surface area (Å²) >= 11 is 0. The Balaban J connectivity index is 2.37. The summed E-state index contributed by atoms with van der Waals surface area (Å²) in [7, 11) is 1.63. The predicted octanol–water partition coefficient (Wildman–Crippen LogP) is 5.04. The Labute approximate surface area is 238 Å². The molecule has 0 amide bonds. The molecule has 9 atom stereocenters. The van der Waals surface area contributed by atoms with Crippen LogP contribution >= 0.6 is 0 Å². The van der Waals surface area contributed by atoms with Crippen molar-refractivity contribution in [2.75, 3.05) is 13.7 Å². The molecular weight excluding hydrogens is 516 g/mol. The van der Waals surface area contributed by atoms with Crippen molar-refractivity contribution in [2.24, 2.45) is 22.7 Å². The fourth-order valence-electron chi connectivity index (χ4n) is 6.87. The predicted molar refractivity (Wildman–Crippen MR) is 148 cm³/mol. The van der Waals surface area contributed by atoms with E-state index in [0.29, 0.717) is 25.0 Å². The zero-order chi connectivity index (χ0) is 29.8. The van der Waals surface area contributed by atoms with Gasteiger partial charge in [-0.25, -0.2) is 0 Å². The van der Waals surface area contributed by atoms with Gasteiger partial charge in [0.15, 0.2) is 0 Å². The van der Waals surface area contributed by atoms with Crippen LogP contribution in [0.3, 0.4) is 0 Å². The van der Waals surface area contributed by atoms with Crippen LogP contribution in [0.4, 0.5) is 0 Å². The van der Waals surface area contributed by atoms with E-state index in [9.17, 15) is 14.4 Å². The van der Waals surface area contributed by atoms with Gasteiger partial charge in [-0.1, -0.05) is 51.5 Å². The van der Waals surface area contributed by atoms with E-state index in [1.165, 1.54) is 20.8 Å². The first-order chi connectivity index (χ1) is 18.9. The molecule has 2 aliphatic carbocycles. The Hall–Kier alpha value is -2.49. The van der Waals surface area contributed by atoms with E-state index in [1.807, 2.05) is 19.1 Å². The second-order valence-corrected chi connectivity index (χ2v) is 11.5. The molecule has 1 heterocycles. The highest BCUT2D eigenvalue weighted by Gasteiger charge is 2.75. The molecule has 1 aliphatic heterocycles. The lowest BCUT2D eigenvalue weighted by molar-refractivity contribution is -0.281. The van der Waals surface area contributed by atoms with Crippen LogP contribution in [-0.2, 0) is 42.8 Å². The second-order valence-electron chi connectivity index (χ2n) is 11.5. The van der Waals surface area contributed by atoms with E-state index >= 15 is 0 Å². The van der Waals surface area contributed by atoms with Gasteiger partial charge < -0.3 is 23.7 Å². The highest BCUT2D eigenvalue weighted by molar-refractivity contribution is 5.68. The van der Waals surface area contributed by atoms with Gasteiger partial charge >= 0.3 is 17.9 Å². The van der Waals surface area contributed by atoms with E-state index in [2.05, 4.69) is 33.4 Å². The Morgan fingerprint density at radius 1 is 1.10 bits per heavy atom. The molecule has 2 fully saturated rings. The third kappa shape index (κ3) is 5.92. The van der Waals surface area contributed by atoms with Gasteiger partial charge in [-0.15, -0.1) is 0 Å². The van der Waals surface area contributed by atoms with Crippen molar-refractivity contribution in [2.45, 2.75) is 105 Å². The van der Waals surface area contributed by atoms with Crippen LogP contribution in [-0.4, -0.2) is 62.5 Å². The van der Waals surface area contributed by atoms with Gasteiger partial charge in [0.1, 0.15) is 11.5 Å². The molecule has 9 heteroatoms. The smallest absolute Gasteiger partial charge is 0.305 e. The molecule has 0 aromatic carbocycles. The summed E-state index contributed by atoms with van der Waals surface area (Å²) in [6, 6.07) is 0. The summed E-state index contributed by atoms with van der Waals surface area (Å²) in [5.74, 6) is -2.00. The van der Waals surface area contributed by atoms with Gasteiger partial charge in [-0.2, -0.15) is 0 Å². The summed E-state index contributed by atoms with van der Waals surface area (Å²) in [4.78, 5) is 37.4. The molecule has 1 unspecified atom stereocenters. The molecule has 1 saturated carbocycles. The highest BCUT2D eigenvalue weighted by Crippen LogP contribution is 2.68. The second kappa shape index (κ2) is 13.0. The normalized spacial score (nSPS) is 37.0. The van der Waals surface area contributed by atoms with Crippen molar-refractivity contribution in [1.29, 1.82) is 0 Å². The summed E-state index contributed by atoms with van der Waals surface area (Å²) in [5.41, 5.74) is -0.0727. The number of carbonyl (C=O) groups is 3. The maximum atomic E-state index is 12.7. The summed E-state index contributed by atoms with van der Waals surface area (Å²) in [5, 5.41) is 0. The Morgan fingerprint density at radius 2 is 1.75 bits per heavy atom. The Morgan fingerprint density at radius 3 is 2.30 bits per heavy atom. The van der Waals surface area contributed by atoms with Gasteiger partial charge in [0.2, 0.25) is 12.6 Å². The number of allylic oxidation sites excluding steroid dienone is 3. The Bertz CT molecular complexity index is 1030. The van der Waals surface area contributed by atoms with Crippen molar-refractivity contribution < 1.29 is 42.8 Å². The van der Waals surface area contributed by atoms with Crippen LogP contribution in [0.15, 0.2) is 36.0 Å². The van der Waals surface area contributed by atoms with Crippen molar-refractivity contribution in [1.82, 2.24) is 0 Å². The molecule has 0 aromatic rings. The van der Waals surface area contributed by atoms with Crippen molar-refractivity contribution >= 4 is 17.9 Å². The summed E-state index contributed by atoms with van der Waals surface area (Å²) in [6.07, 6.45) is 4.64. The van der Waals surface area contributed by atoms with E-state index < -0.39 is 53.5 Å². The molecule has 9 nitrogen and oxygen atoms in total. The molecule has 0 bridgehead atoms. The minimum absolute atomic E-state index is 0.0965. The van der Waals surface area contributed by atoms with Crippen LogP contribution in [0, 0.1) is 22.7 Å². The van der Waals surface area contributed by atoms with E-state index in [1.54, 1.807) is 7.11 Å². The summed E-state index contributed by atoms with van der Waals surface area (Å²) in [6.45, 7) is 16.7. The number of carbonyl (C=O) groups excluding carboxylic acids is 3. The fourth-order valence-corrected chi connectivity index (χ4v) is 6.87. The topological polar surface area (TPSA) is 107 Å². The average Bonchev–Trinajstić information content (AvgIpc) is 3.18. The van der Waals surface area contributed by atoms with Crippen molar-refractivity contribution in [3.8, 4) is 0 Å². The van der Waals surface area contributed by atoms with Gasteiger partial charge in [-0.05, 0) is 49.5 Å². The van der Waals surface area contributed by atoms with Gasteiger partial charge in [0, 0.05) is 40.1 Å². The van der Waals surface area contributed by atoms with E-state index in [-0.39, 0.29) is 17.9 Å². The molecular formula is C31H46O9. The number of hydrogen-bond acceptors (Lipinski definition) is 9. The summed E-state index contributed by atoms with van der Waals surface area (Å²) < 4.78 is 36.4. The molecule has 1 spiro atoms. The maximum absolute atomic E-state index is 12.7. The lowest BCUT2D eigenvalue weighted by Gasteiger charge is -2.63. The molecule has 224 valence electrons. The molecule has 3 aliphatic rings. The monoisotopic (exact) mass is 562 g/mol. The largest absolute Gasteiger partial charge is 0.459 e. The van der Waals surface area contributed by atoms with Gasteiger partial charge in [0.25, 0.3) is 0 Å². The first kappa shape index (κ1) is 32.0. The molecule has 0 radical (unpaired) electrons. The highest BCUT2D eigenvalue weighted by atomic mass is 16.8. The van der Waals surface area contributed by atoms with Crippen molar-refractivity contribution in [3.05, 3.63) is 36.0 Å². The number of methoxy groups -OCH3 is 1.